The van der Waals surface area contributed by atoms with Crippen molar-refractivity contribution < 1.29 is 19.1 Å². The molecule has 0 fully saturated rings. The standard InChI is InChI=1S/C25H34N2O4S/c1-6-31-24(30)15-14-22(28)27(25(3,4)5)18-23(29)26(16-20-10-8-7-9-11-20)17-21-13-12-19(2)32-21/h7-13H,6,14-18H2,1-5H3. The molecule has 0 saturated heterocycles. The molecule has 0 aliphatic carbocycles. The minimum absolute atomic E-state index is 0.00957. The summed E-state index contributed by atoms with van der Waals surface area (Å²) in [6.45, 7) is 10.7. The highest BCUT2D eigenvalue weighted by molar-refractivity contribution is 7.11. The van der Waals surface area contributed by atoms with Gasteiger partial charge in [0.1, 0.15) is 6.54 Å². The predicted octanol–water partition coefficient (Wildman–Crippen LogP) is 4.56. The zero-order chi connectivity index (χ0) is 23.7. The van der Waals surface area contributed by atoms with Gasteiger partial charge in [-0.15, -0.1) is 11.3 Å². The van der Waals surface area contributed by atoms with Crippen molar-refractivity contribution in [2.24, 2.45) is 0 Å². The van der Waals surface area contributed by atoms with E-state index in [1.165, 1.54) is 4.88 Å². The predicted molar refractivity (Wildman–Crippen MR) is 127 cm³/mol. The molecule has 0 spiro atoms. The monoisotopic (exact) mass is 458 g/mol. The average Bonchev–Trinajstić information content (AvgIpc) is 3.14. The van der Waals surface area contributed by atoms with E-state index in [0.717, 1.165) is 10.4 Å². The fourth-order valence-corrected chi connectivity index (χ4v) is 4.21. The molecule has 32 heavy (non-hydrogen) atoms. The van der Waals surface area contributed by atoms with Gasteiger partial charge in [0.2, 0.25) is 11.8 Å². The van der Waals surface area contributed by atoms with E-state index in [9.17, 15) is 14.4 Å². The number of amides is 2. The fourth-order valence-electron chi connectivity index (χ4n) is 3.31. The van der Waals surface area contributed by atoms with Gasteiger partial charge in [-0.05, 0) is 52.3 Å². The first-order valence-electron chi connectivity index (χ1n) is 10.9. The van der Waals surface area contributed by atoms with Gasteiger partial charge >= 0.3 is 5.97 Å². The Morgan fingerprint density at radius 3 is 2.19 bits per heavy atom. The van der Waals surface area contributed by atoms with E-state index >= 15 is 0 Å². The Kier molecular flexibility index (Phi) is 9.44. The third-order valence-electron chi connectivity index (χ3n) is 4.96. The second-order valence-electron chi connectivity index (χ2n) is 8.70. The average molecular weight is 459 g/mol. The number of hydrogen-bond donors (Lipinski definition) is 0. The van der Waals surface area contributed by atoms with Gasteiger partial charge in [0.25, 0.3) is 0 Å². The first-order chi connectivity index (χ1) is 15.1. The van der Waals surface area contributed by atoms with Crippen LogP contribution in [0.2, 0.25) is 0 Å². The van der Waals surface area contributed by atoms with Crippen molar-refractivity contribution in [3.05, 3.63) is 57.8 Å². The maximum absolute atomic E-state index is 13.4. The van der Waals surface area contributed by atoms with Gasteiger partial charge < -0.3 is 14.5 Å². The lowest BCUT2D eigenvalue weighted by Crippen LogP contribution is -2.51. The van der Waals surface area contributed by atoms with Crippen molar-refractivity contribution >= 4 is 29.1 Å². The highest BCUT2D eigenvalue weighted by Crippen LogP contribution is 2.21. The molecule has 0 atom stereocenters. The molecule has 1 aromatic heterocycles. The summed E-state index contributed by atoms with van der Waals surface area (Å²) in [7, 11) is 0. The van der Waals surface area contributed by atoms with Gasteiger partial charge in [-0.25, -0.2) is 0 Å². The van der Waals surface area contributed by atoms with Crippen LogP contribution in [-0.4, -0.2) is 46.3 Å². The maximum Gasteiger partial charge on any atom is 0.306 e. The summed E-state index contributed by atoms with van der Waals surface area (Å²) in [6.07, 6.45) is 0.0296. The molecular formula is C25H34N2O4S. The van der Waals surface area contributed by atoms with Crippen LogP contribution in [0.15, 0.2) is 42.5 Å². The zero-order valence-electron chi connectivity index (χ0n) is 19.7. The molecule has 1 heterocycles. The second-order valence-corrected chi connectivity index (χ2v) is 10.1. The molecule has 1 aromatic carbocycles. The topological polar surface area (TPSA) is 66.9 Å². The number of nitrogens with zero attached hydrogens (tertiary/aromatic N) is 2. The smallest absolute Gasteiger partial charge is 0.306 e. The highest BCUT2D eigenvalue weighted by atomic mass is 32.1. The molecule has 0 unspecified atom stereocenters. The minimum Gasteiger partial charge on any atom is -0.466 e. The van der Waals surface area contributed by atoms with Gasteiger partial charge in [-0.3, -0.25) is 14.4 Å². The van der Waals surface area contributed by atoms with Crippen LogP contribution in [0, 0.1) is 6.92 Å². The molecule has 2 rings (SSSR count). The molecule has 0 N–H and O–H groups in total. The van der Waals surface area contributed by atoms with Crippen LogP contribution >= 0.6 is 11.3 Å². The highest BCUT2D eigenvalue weighted by Gasteiger charge is 2.30. The molecule has 0 saturated carbocycles. The minimum atomic E-state index is -0.556. The molecule has 6 nitrogen and oxygen atoms in total. The van der Waals surface area contributed by atoms with Crippen molar-refractivity contribution in [2.75, 3.05) is 13.2 Å². The number of benzene rings is 1. The number of rotatable bonds is 10. The molecule has 0 radical (unpaired) electrons. The summed E-state index contributed by atoms with van der Waals surface area (Å²) in [5.74, 6) is -0.760. The van der Waals surface area contributed by atoms with Crippen LogP contribution in [0.1, 0.15) is 55.9 Å². The SMILES string of the molecule is CCOC(=O)CCC(=O)N(CC(=O)N(Cc1ccccc1)Cc1ccc(C)s1)C(C)(C)C. The van der Waals surface area contributed by atoms with Crippen molar-refractivity contribution in [3.8, 4) is 0 Å². The van der Waals surface area contributed by atoms with Crippen molar-refractivity contribution in [2.45, 2.75) is 66.1 Å². The van der Waals surface area contributed by atoms with Crippen LogP contribution < -0.4 is 0 Å². The Labute approximate surface area is 195 Å². The van der Waals surface area contributed by atoms with Crippen molar-refractivity contribution in [1.29, 1.82) is 0 Å². The number of ether oxygens (including phenoxy) is 1. The fraction of sp³-hybridized carbons (Fsp3) is 0.480. The second kappa shape index (κ2) is 11.8. The quantitative estimate of drug-likeness (QED) is 0.490. The number of hydrogen-bond acceptors (Lipinski definition) is 5. The molecule has 2 amide bonds. The first kappa shape index (κ1) is 25.6. The van der Waals surface area contributed by atoms with E-state index < -0.39 is 11.5 Å². The van der Waals surface area contributed by atoms with Crippen LogP contribution in [0.25, 0.3) is 0 Å². The summed E-state index contributed by atoms with van der Waals surface area (Å²) in [5.41, 5.74) is 0.476. The maximum atomic E-state index is 13.4. The van der Waals surface area contributed by atoms with E-state index in [-0.39, 0.29) is 37.8 Å². The van der Waals surface area contributed by atoms with Crippen molar-refractivity contribution in [3.63, 3.8) is 0 Å². The third kappa shape index (κ3) is 8.11. The van der Waals surface area contributed by atoms with Gasteiger partial charge in [0.15, 0.2) is 0 Å². The summed E-state index contributed by atoms with van der Waals surface area (Å²) in [5, 5.41) is 0. The Hall–Kier alpha value is -2.67. The number of thiophene rings is 1. The number of carbonyl (C=O) groups is 3. The lowest BCUT2D eigenvalue weighted by Gasteiger charge is -2.37. The molecule has 0 aliphatic heterocycles. The van der Waals surface area contributed by atoms with Crippen LogP contribution in [0.3, 0.4) is 0 Å². The zero-order valence-corrected chi connectivity index (χ0v) is 20.5. The Balaban J connectivity index is 2.16. The molecule has 174 valence electrons. The van der Waals surface area contributed by atoms with Crippen molar-refractivity contribution in [1.82, 2.24) is 9.80 Å². The molecule has 0 aliphatic rings. The molecule has 0 bridgehead atoms. The summed E-state index contributed by atoms with van der Waals surface area (Å²) in [6, 6.07) is 13.9. The van der Waals surface area contributed by atoms with Crippen LogP contribution in [-0.2, 0) is 32.2 Å². The number of aryl methyl sites for hydroxylation is 1. The summed E-state index contributed by atoms with van der Waals surface area (Å²) < 4.78 is 4.93. The molecular weight excluding hydrogens is 424 g/mol. The third-order valence-corrected chi connectivity index (χ3v) is 5.95. The van der Waals surface area contributed by atoms with Gasteiger partial charge in [-0.2, -0.15) is 0 Å². The molecule has 7 heteroatoms. The number of carbonyl (C=O) groups excluding carboxylic acids is 3. The normalized spacial score (nSPS) is 11.2. The van der Waals surface area contributed by atoms with Gasteiger partial charge in [0, 0.05) is 28.3 Å². The van der Waals surface area contributed by atoms with Gasteiger partial charge in [0.05, 0.1) is 19.6 Å². The largest absolute Gasteiger partial charge is 0.466 e. The van der Waals surface area contributed by atoms with E-state index in [2.05, 4.69) is 0 Å². The summed E-state index contributed by atoms with van der Waals surface area (Å²) in [4.78, 5) is 43.7. The van der Waals surface area contributed by atoms with Crippen LogP contribution in [0.5, 0.6) is 0 Å². The van der Waals surface area contributed by atoms with E-state index in [1.54, 1.807) is 28.1 Å². The first-order valence-corrected chi connectivity index (χ1v) is 11.7. The Morgan fingerprint density at radius 2 is 1.62 bits per heavy atom. The van der Waals surface area contributed by atoms with E-state index in [4.69, 9.17) is 4.74 Å². The summed E-state index contributed by atoms with van der Waals surface area (Å²) >= 11 is 1.66. The van der Waals surface area contributed by atoms with E-state index in [0.29, 0.717) is 13.1 Å². The van der Waals surface area contributed by atoms with E-state index in [1.807, 2.05) is 70.2 Å². The molecule has 2 aromatic rings. The lowest BCUT2D eigenvalue weighted by molar-refractivity contribution is -0.149. The Bertz CT molecular complexity index is 902. The number of esters is 1. The Morgan fingerprint density at radius 1 is 0.938 bits per heavy atom. The lowest BCUT2D eigenvalue weighted by atomic mass is 10.0. The van der Waals surface area contributed by atoms with Gasteiger partial charge in [-0.1, -0.05) is 30.3 Å². The van der Waals surface area contributed by atoms with Crippen LogP contribution in [0.4, 0.5) is 0 Å².